The van der Waals surface area contributed by atoms with Gasteiger partial charge in [-0.15, -0.1) is 0 Å². The predicted octanol–water partition coefficient (Wildman–Crippen LogP) is 3.27. The lowest BCUT2D eigenvalue weighted by atomic mass is 9.85. The normalized spacial score (nSPS) is 22.2. The van der Waals surface area contributed by atoms with Gasteiger partial charge in [-0.3, -0.25) is 4.90 Å². The summed E-state index contributed by atoms with van der Waals surface area (Å²) in [6.45, 7) is 3.66. The Morgan fingerprint density at radius 2 is 2.05 bits per heavy atom. The molecular weight excluding hydrogens is 266 g/mol. The van der Waals surface area contributed by atoms with Crippen LogP contribution in [-0.2, 0) is 0 Å². The summed E-state index contributed by atoms with van der Waals surface area (Å²) in [5.74, 6) is 0.241. The monoisotopic (exact) mass is 291 g/mol. The highest BCUT2D eigenvalue weighted by atomic mass is 16.5. The van der Waals surface area contributed by atoms with Crippen LogP contribution in [0.3, 0.4) is 0 Å². The molecule has 0 aliphatic heterocycles. The SMILES string of the molecule is CC1CCCCC1N(C)CCOc1ccccc1C(=O)O. The fraction of sp³-hybridized carbons (Fsp3) is 0.588. The van der Waals surface area contributed by atoms with Crippen molar-refractivity contribution in [3.05, 3.63) is 29.8 Å². The van der Waals surface area contributed by atoms with E-state index in [9.17, 15) is 4.79 Å². The Morgan fingerprint density at radius 3 is 2.76 bits per heavy atom. The molecule has 1 aliphatic rings. The minimum atomic E-state index is -0.945. The van der Waals surface area contributed by atoms with Gasteiger partial charge in [-0.25, -0.2) is 4.79 Å². The number of hydrogen-bond acceptors (Lipinski definition) is 3. The fourth-order valence-electron chi connectivity index (χ4n) is 3.19. The van der Waals surface area contributed by atoms with Crippen molar-refractivity contribution in [2.24, 2.45) is 5.92 Å². The molecule has 4 heteroatoms. The summed E-state index contributed by atoms with van der Waals surface area (Å²) in [6, 6.07) is 7.43. The van der Waals surface area contributed by atoms with Gasteiger partial charge < -0.3 is 9.84 Å². The number of nitrogens with zero attached hydrogens (tertiary/aromatic N) is 1. The van der Waals surface area contributed by atoms with E-state index in [1.54, 1.807) is 24.3 Å². The van der Waals surface area contributed by atoms with E-state index in [1.807, 2.05) is 0 Å². The molecule has 0 heterocycles. The molecule has 2 unspecified atom stereocenters. The van der Waals surface area contributed by atoms with Crippen molar-refractivity contribution in [2.75, 3.05) is 20.2 Å². The fourth-order valence-corrected chi connectivity index (χ4v) is 3.19. The molecule has 1 fully saturated rings. The van der Waals surface area contributed by atoms with Crippen LogP contribution in [0.15, 0.2) is 24.3 Å². The number of rotatable bonds is 6. The summed E-state index contributed by atoms with van der Waals surface area (Å²) in [4.78, 5) is 13.5. The number of para-hydroxylation sites is 1. The standard InChI is InChI=1S/C17H25NO3/c1-13-7-3-5-9-15(13)18(2)11-12-21-16-10-6-4-8-14(16)17(19)20/h4,6,8,10,13,15H,3,5,7,9,11-12H2,1-2H3,(H,19,20). The van der Waals surface area contributed by atoms with Gasteiger partial charge in [-0.2, -0.15) is 0 Å². The van der Waals surface area contributed by atoms with E-state index in [0.717, 1.165) is 12.5 Å². The second-order valence-corrected chi connectivity index (χ2v) is 5.96. The van der Waals surface area contributed by atoms with Gasteiger partial charge in [0.05, 0.1) is 0 Å². The van der Waals surface area contributed by atoms with Gasteiger partial charge in [0.25, 0.3) is 0 Å². The summed E-state index contributed by atoms with van der Waals surface area (Å²) in [7, 11) is 2.14. The Morgan fingerprint density at radius 1 is 1.33 bits per heavy atom. The van der Waals surface area contributed by atoms with Gasteiger partial charge in [-0.1, -0.05) is 31.9 Å². The maximum absolute atomic E-state index is 11.1. The van der Waals surface area contributed by atoms with Gasteiger partial charge in [0, 0.05) is 12.6 Å². The smallest absolute Gasteiger partial charge is 0.339 e. The molecular formula is C17H25NO3. The molecule has 0 spiro atoms. The van der Waals surface area contributed by atoms with Gasteiger partial charge in [0.2, 0.25) is 0 Å². The van der Waals surface area contributed by atoms with E-state index in [-0.39, 0.29) is 5.56 Å². The number of hydrogen-bond donors (Lipinski definition) is 1. The Labute approximate surface area is 126 Å². The third-order valence-corrected chi connectivity index (χ3v) is 4.45. The van der Waals surface area contributed by atoms with Crippen molar-refractivity contribution in [1.82, 2.24) is 4.90 Å². The average Bonchev–Trinajstić information content (AvgIpc) is 2.48. The quantitative estimate of drug-likeness (QED) is 0.874. The number of benzene rings is 1. The Kier molecular flexibility index (Phi) is 5.62. The highest BCUT2D eigenvalue weighted by Gasteiger charge is 2.24. The van der Waals surface area contributed by atoms with E-state index in [2.05, 4.69) is 18.9 Å². The van der Waals surface area contributed by atoms with Crippen LogP contribution in [0, 0.1) is 5.92 Å². The molecule has 1 aromatic carbocycles. The van der Waals surface area contributed by atoms with E-state index in [1.165, 1.54) is 25.7 Å². The van der Waals surface area contributed by atoms with Crippen molar-refractivity contribution in [3.63, 3.8) is 0 Å². The largest absolute Gasteiger partial charge is 0.491 e. The van der Waals surface area contributed by atoms with E-state index < -0.39 is 5.97 Å². The van der Waals surface area contributed by atoms with Crippen LogP contribution in [0.5, 0.6) is 5.75 Å². The first-order valence-corrected chi connectivity index (χ1v) is 7.75. The summed E-state index contributed by atoms with van der Waals surface area (Å²) in [5, 5.41) is 9.12. The number of ether oxygens (including phenoxy) is 1. The lowest BCUT2D eigenvalue weighted by molar-refractivity contribution is 0.0690. The maximum Gasteiger partial charge on any atom is 0.339 e. The summed E-state index contributed by atoms with van der Waals surface area (Å²) >= 11 is 0. The summed E-state index contributed by atoms with van der Waals surface area (Å²) < 4.78 is 5.67. The second kappa shape index (κ2) is 7.46. The highest BCUT2D eigenvalue weighted by Crippen LogP contribution is 2.27. The van der Waals surface area contributed by atoms with Crippen molar-refractivity contribution in [1.29, 1.82) is 0 Å². The molecule has 1 saturated carbocycles. The minimum Gasteiger partial charge on any atom is -0.491 e. The molecule has 0 bridgehead atoms. The second-order valence-electron chi connectivity index (χ2n) is 5.96. The Hall–Kier alpha value is -1.55. The zero-order valence-corrected chi connectivity index (χ0v) is 12.9. The molecule has 4 nitrogen and oxygen atoms in total. The molecule has 116 valence electrons. The topological polar surface area (TPSA) is 49.8 Å². The van der Waals surface area contributed by atoms with Crippen molar-refractivity contribution >= 4 is 5.97 Å². The van der Waals surface area contributed by atoms with Crippen LogP contribution in [0.1, 0.15) is 43.0 Å². The Bertz CT molecular complexity index is 475. The van der Waals surface area contributed by atoms with E-state index in [4.69, 9.17) is 9.84 Å². The number of carboxylic acid groups (broad SMARTS) is 1. The van der Waals surface area contributed by atoms with Gasteiger partial charge >= 0.3 is 5.97 Å². The number of carbonyl (C=O) groups is 1. The first-order valence-electron chi connectivity index (χ1n) is 7.75. The van der Waals surface area contributed by atoms with Crippen LogP contribution < -0.4 is 4.74 Å². The molecule has 21 heavy (non-hydrogen) atoms. The molecule has 0 saturated heterocycles. The zero-order chi connectivity index (χ0) is 15.2. The van der Waals surface area contributed by atoms with Crippen LogP contribution >= 0.6 is 0 Å². The van der Waals surface area contributed by atoms with Crippen LogP contribution in [-0.4, -0.2) is 42.2 Å². The Balaban J connectivity index is 1.85. The zero-order valence-electron chi connectivity index (χ0n) is 12.9. The van der Waals surface area contributed by atoms with Gasteiger partial charge in [-0.05, 0) is 37.9 Å². The number of carboxylic acids is 1. The van der Waals surface area contributed by atoms with Gasteiger partial charge in [0.15, 0.2) is 0 Å². The average molecular weight is 291 g/mol. The number of likely N-dealkylation sites (N-methyl/N-ethyl adjacent to an activating group) is 1. The van der Waals surface area contributed by atoms with Crippen LogP contribution in [0.25, 0.3) is 0 Å². The third kappa shape index (κ3) is 4.21. The lowest BCUT2D eigenvalue weighted by Gasteiger charge is -2.36. The first kappa shape index (κ1) is 15.8. The summed E-state index contributed by atoms with van der Waals surface area (Å²) in [6.07, 6.45) is 5.21. The van der Waals surface area contributed by atoms with Crippen LogP contribution in [0.4, 0.5) is 0 Å². The van der Waals surface area contributed by atoms with Crippen LogP contribution in [0.2, 0.25) is 0 Å². The maximum atomic E-state index is 11.1. The van der Waals surface area contributed by atoms with Crippen molar-refractivity contribution in [2.45, 2.75) is 38.6 Å². The first-order chi connectivity index (χ1) is 10.1. The minimum absolute atomic E-state index is 0.228. The molecule has 0 radical (unpaired) electrons. The predicted molar refractivity (Wildman–Crippen MR) is 82.9 cm³/mol. The molecule has 2 rings (SSSR count). The van der Waals surface area contributed by atoms with Crippen molar-refractivity contribution < 1.29 is 14.6 Å². The summed E-state index contributed by atoms with van der Waals surface area (Å²) in [5.41, 5.74) is 0.228. The molecule has 1 aromatic rings. The molecule has 1 N–H and O–H groups in total. The van der Waals surface area contributed by atoms with E-state index in [0.29, 0.717) is 18.4 Å². The molecule has 0 amide bonds. The third-order valence-electron chi connectivity index (χ3n) is 4.45. The molecule has 1 aliphatic carbocycles. The highest BCUT2D eigenvalue weighted by molar-refractivity contribution is 5.90. The number of aromatic carboxylic acids is 1. The lowest BCUT2D eigenvalue weighted by Crippen LogP contribution is -2.40. The van der Waals surface area contributed by atoms with Crippen molar-refractivity contribution in [3.8, 4) is 5.75 Å². The molecule has 0 aromatic heterocycles. The van der Waals surface area contributed by atoms with E-state index >= 15 is 0 Å². The van der Waals surface area contributed by atoms with Gasteiger partial charge in [0.1, 0.15) is 17.9 Å². The molecule has 2 atom stereocenters.